The Hall–Kier alpha value is -3.26. The fourth-order valence-corrected chi connectivity index (χ4v) is 3.11. The van der Waals surface area contributed by atoms with Gasteiger partial charge >= 0.3 is 0 Å². The molecule has 1 aromatic heterocycles. The minimum atomic E-state index is -0.617. The number of aryl methyl sites for hydroxylation is 1. The van der Waals surface area contributed by atoms with E-state index in [9.17, 15) is 19.7 Å². The van der Waals surface area contributed by atoms with Gasteiger partial charge in [-0.15, -0.1) is 0 Å². The van der Waals surface area contributed by atoms with Crippen molar-refractivity contribution in [3.05, 3.63) is 78.8 Å². The van der Waals surface area contributed by atoms with Crippen molar-refractivity contribution in [2.24, 2.45) is 7.05 Å². The maximum Gasteiger partial charge on any atom is 0.273 e. The third-order valence-corrected chi connectivity index (χ3v) is 4.71. The van der Waals surface area contributed by atoms with Gasteiger partial charge in [-0.05, 0) is 38.1 Å². The van der Waals surface area contributed by atoms with E-state index in [0.29, 0.717) is 27.3 Å². The molecule has 1 heterocycles. The third kappa shape index (κ3) is 3.59. The fraction of sp³-hybridized carbons (Fsp3) is 0.211. The highest BCUT2D eigenvalue weighted by Gasteiger charge is 2.20. The zero-order valence-corrected chi connectivity index (χ0v) is 16.1. The Kier molecular flexibility index (Phi) is 5.15. The number of carbonyl (C=O) groups is 1. The van der Waals surface area contributed by atoms with Gasteiger partial charge in [0.2, 0.25) is 0 Å². The largest absolute Gasteiger partial charge is 0.342 e. The molecular formula is C19H17ClN4O4. The van der Waals surface area contributed by atoms with E-state index in [1.54, 1.807) is 39.1 Å². The minimum absolute atomic E-state index is 0.133. The summed E-state index contributed by atoms with van der Waals surface area (Å²) < 4.78 is 1.36. The molecule has 3 rings (SSSR count). The predicted molar refractivity (Wildman–Crippen MR) is 106 cm³/mol. The molecule has 0 bridgehead atoms. The Balaban J connectivity index is 1.95. The smallest absolute Gasteiger partial charge is 0.273 e. The van der Waals surface area contributed by atoms with Crippen molar-refractivity contribution >= 4 is 34.1 Å². The summed E-state index contributed by atoms with van der Waals surface area (Å²) in [5.41, 5.74) is 0.649. The SMILES string of the molecule is Cc1ccc(C(=O)NC(C)c2nc3cc(Cl)ccc3c(=O)n2C)cc1[N+](=O)[O-]. The van der Waals surface area contributed by atoms with E-state index in [1.165, 1.54) is 22.8 Å². The molecule has 1 atom stereocenters. The zero-order valence-electron chi connectivity index (χ0n) is 15.4. The van der Waals surface area contributed by atoms with Crippen molar-refractivity contribution in [1.29, 1.82) is 0 Å². The third-order valence-electron chi connectivity index (χ3n) is 4.48. The van der Waals surface area contributed by atoms with Crippen LogP contribution in [0.1, 0.15) is 34.7 Å². The molecule has 3 aromatic rings. The van der Waals surface area contributed by atoms with Gasteiger partial charge in [0, 0.05) is 29.3 Å². The summed E-state index contributed by atoms with van der Waals surface area (Å²) >= 11 is 5.99. The monoisotopic (exact) mass is 400 g/mol. The number of nitrogens with one attached hydrogen (secondary N) is 1. The highest BCUT2D eigenvalue weighted by atomic mass is 35.5. The standard InChI is InChI=1S/C19H17ClN4O4/c1-10-4-5-12(8-16(10)24(27)28)18(25)21-11(2)17-22-15-9-13(20)6-7-14(15)19(26)23(17)3/h4-9,11H,1-3H3,(H,21,25). The van der Waals surface area contributed by atoms with Crippen molar-refractivity contribution in [2.75, 3.05) is 0 Å². The number of rotatable bonds is 4. The van der Waals surface area contributed by atoms with Crippen molar-refractivity contribution < 1.29 is 9.72 Å². The van der Waals surface area contributed by atoms with Crippen molar-refractivity contribution in [3.63, 3.8) is 0 Å². The Bertz CT molecular complexity index is 1170. The number of hydrogen-bond donors (Lipinski definition) is 1. The number of fused-ring (bicyclic) bond motifs is 1. The molecule has 0 saturated carbocycles. The number of aromatic nitrogens is 2. The van der Waals surface area contributed by atoms with E-state index in [4.69, 9.17) is 11.6 Å². The van der Waals surface area contributed by atoms with Crippen molar-refractivity contribution in [1.82, 2.24) is 14.9 Å². The van der Waals surface area contributed by atoms with Gasteiger partial charge in [-0.25, -0.2) is 4.98 Å². The topological polar surface area (TPSA) is 107 Å². The lowest BCUT2D eigenvalue weighted by atomic mass is 10.1. The van der Waals surface area contributed by atoms with E-state index >= 15 is 0 Å². The summed E-state index contributed by atoms with van der Waals surface area (Å²) in [6.45, 7) is 3.28. The van der Waals surface area contributed by atoms with Gasteiger partial charge in [0.05, 0.1) is 21.9 Å². The molecule has 0 saturated heterocycles. The van der Waals surface area contributed by atoms with Crippen LogP contribution in [0.25, 0.3) is 10.9 Å². The first-order valence-electron chi connectivity index (χ1n) is 8.41. The molecule has 144 valence electrons. The Labute approximate surface area is 164 Å². The number of benzene rings is 2. The molecule has 1 unspecified atom stereocenters. The second kappa shape index (κ2) is 7.40. The molecule has 28 heavy (non-hydrogen) atoms. The number of amides is 1. The number of nitrogens with zero attached hydrogens (tertiary/aromatic N) is 3. The number of hydrogen-bond acceptors (Lipinski definition) is 5. The lowest BCUT2D eigenvalue weighted by Crippen LogP contribution is -2.32. The van der Waals surface area contributed by atoms with Gasteiger partial charge in [-0.3, -0.25) is 24.3 Å². The first kappa shape index (κ1) is 19.5. The van der Waals surface area contributed by atoms with Crippen LogP contribution in [0.5, 0.6) is 0 Å². The maximum absolute atomic E-state index is 12.6. The lowest BCUT2D eigenvalue weighted by molar-refractivity contribution is -0.385. The Morgan fingerprint density at radius 2 is 2.00 bits per heavy atom. The summed E-state index contributed by atoms with van der Waals surface area (Å²) in [4.78, 5) is 40.1. The molecule has 0 spiro atoms. The normalized spacial score (nSPS) is 12.0. The van der Waals surface area contributed by atoms with Crippen LogP contribution in [0.15, 0.2) is 41.2 Å². The number of nitro benzene ring substituents is 1. The molecule has 9 heteroatoms. The molecule has 0 fully saturated rings. The molecule has 2 aromatic carbocycles. The van der Waals surface area contributed by atoms with Gasteiger partial charge in [-0.2, -0.15) is 0 Å². The number of carbonyl (C=O) groups excluding carboxylic acids is 1. The van der Waals surface area contributed by atoms with Crippen LogP contribution in [0, 0.1) is 17.0 Å². The Morgan fingerprint density at radius 3 is 2.68 bits per heavy atom. The second-order valence-corrected chi connectivity index (χ2v) is 6.89. The van der Waals surface area contributed by atoms with Gasteiger partial charge in [0.15, 0.2) is 0 Å². The molecule has 0 aliphatic rings. The summed E-state index contributed by atoms with van der Waals surface area (Å²) in [6.07, 6.45) is 0. The van der Waals surface area contributed by atoms with Crippen LogP contribution in [0.3, 0.4) is 0 Å². The van der Waals surface area contributed by atoms with E-state index in [0.717, 1.165) is 0 Å². The molecule has 0 aliphatic carbocycles. The quantitative estimate of drug-likeness (QED) is 0.534. The van der Waals surface area contributed by atoms with Crippen LogP contribution in [0.2, 0.25) is 5.02 Å². The number of nitro groups is 1. The second-order valence-electron chi connectivity index (χ2n) is 6.45. The molecule has 0 radical (unpaired) electrons. The summed E-state index contributed by atoms with van der Waals surface area (Å²) in [5, 5.41) is 14.7. The molecule has 0 aliphatic heterocycles. The maximum atomic E-state index is 12.6. The number of halogens is 1. The van der Waals surface area contributed by atoms with Crippen LogP contribution >= 0.6 is 11.6 Å². The fourth-order valence-electron chi connectivity index (χ4n) is 2.94. The highest BCUT2D eigenvalue weighted by molar-refractivity contribution is 6.31. The lowest BCUT2D eigenvalue weighted by Gasteiger charge is -2.17. The Morgan fingerprint density at radius 1 is 1.29 bits per heavy atom. The van der Waals surface area contributed by atoms with Gasteiger partial charge in [0.25, 0.3) is 17.2 Å². The molecule has 1 N–H and O–H groups in total. The van der Waals surface area contributed by atoms with Gasteiger partial charge in [0.1, 0.15) is 5.82 Å². The van der Waals surface area contributed by atoms with E-state index in [-0.39, 0.29) is 16.8 Å². The zero-order chi connectivity index (χ0) is 20.6. The average molecular weight is 401 g/mol. The first-order valence-corrected chi connectivity index (χ1v) is 8.79. The van der Waals surface area contributed by atoms with Crippen LogP contribution in [-0.2, 0) is 7.05 Å². The average Bonchev–Trinajstić information content (AvgIpc) is 2.64. The van der Waals surface area contributed by atoms with Crippen LogP contribution in [0.4, 0.5) is 5.69 Å². The van der Waals surface area contributed by atoms with E-state index < -0.39 is 16.9 Å². The summed E-state index contributed by atoms with van der Waals surface area (Å²) in [7, 11) is 1.57. The summed E-state index contributed by atoms with van der Waals surface area (Å²) in [5.74, 6) is -0.161. The van der Waals surface area contributed by atoms with Crippen molar-refractivity contribution in [2.45, 2.75) is 19.9 Å². The highest BCUT2D eigenvalue weighted by Crippen LogP contribution is 2.21. The van der Waals surface area contributed by atoms with Gasteiger partial charge in [-0.1, -0.05) is 17.7 Å². The predicted octanol–water partition coefficient (Wildman–Crippen LogP) is 3.29. The molecule has 1 amide bonds. The molecular weight excluding hydrogens is 384 g/mol. The van der Waals surface area contributed by atoms with Crippen LogP contribution in [-0.4, -0.2) is 20.4 Å². The van der Waals surface area contributed by atoms with E-state index in [1.807, 2.05) is 0 Å². The van der Waals surface area contributed by atoms with Crippen molar-refractivity contribution in [3.8, 4) is 0 Å². The summed E-state index contributed by atoms with van der Waals surface area (Å²) in [6, 6.07) is 8.44. The van der Waals surface area contributed by atoms with Crippen LogP contribution < -0.4 is 10.9 Å². The minimum Gasteiger partial charge on any atom is -0.342 e. The van der Waals surface area contributed by atoms with E-state index in [2.05, 4.69) is 10.3 Å². The van der Waals surface area contributed by atoms with Gasteiger partial charge < -0.3 is 5.32 Å². The molecule has 8 nitrogen and oxygen atoms in total. The first-order chi connectivity index (χ1) is 13.2.